The summed E-state index contributed by atoms with van der Waals surface area (Å²) in [6.07, 6.45) is 1.57. The van der Waals surface area contributed by atoms with E-state index < -0.39 is 15.9 Å². The van der Waals surface area contributed by atoms with E-state index in [-0.39, 0.29) is 4.90 Å². The molecule has 0 aliphatic carbocycles. The van der Waals surface area contributed by atoms with Gasteiger partial charge in [0.25, 0.3) is 0 Å². The summed E-state index contributed by atoms with van der Waals surface area (Å²) < 4.78 is 28.7. The van der Waals surface area contributed by atoms with Crippen LogP contribution in [0, 0.1) is 0 Å². The Morgan fingerprint density at radius 3 is 2.61 bits per heavy atom. The number of sulfone groups is 1. The number of benzene rings is 1. The standard InChI is InChI=1S/C12H11BrO4S/c1-18(15,16)9-4-2-3-8(7-9)11(14)12-10(13)5-6-17-12/h2-7,11,14H,1H3. The van der Waals surface area contributed by atoms with Crippen molar-refractivity contribution in [1.29, 1.82) is 0 Å². The molecule has 4 nitrogen and oxygen atoms in total. The summed E-state index contributed by atoms with van der Waals surface area (Å²) in [5.41, 5.74) is 0.466. The van der Waals surface area contributed by atoms with Crippen molar-refractivity contribution in [3.8, 4) is 0 Å². The van der Waals surface area contributed by atoms with Gasteiger partial charge in [0.15, 0.2) is 15.6 Å². The second-order valence-electron chi connectivity index (χ2n) is 3.88. The van der Waals surface area contributed by atoms with Gasteiger partial charge < -0.3 is 9.52 Å². The fraction of sp³-hybridized carbons (Fsp3) is 0.167. The van der Waals surface area contributed by atoms with Crippen LogP contribution in [0.15, 0.2) is 50.4 Å². The van der Waals surface area contributed by atoms with Crippen molar-refractivity contribution in [2.75, 3.05) is 6.26 Å². The van der Waals surface area contributed by atoms with Gasteiger partial charge in [0, 0.05) is 6.26 Å². The van der Waals surface area contributed by atoms with Crippen LogP contribution < -0.4 is 0 Å². The molecule has 0 aliphatic rings. The van der Waals surface area contributed by atoms with E-state index >= 15 is 0 Å². The maximum Gasteiger partial charge on any atom is 0.175 e. The Kier molecular flexibility index (Phi) is 3.61. The molecule has 0 amide bonds. The molecule has 0 saturated heterocycles. The first-order valence-corrected chi connectivity index (χ1v) is 7.79. The van der Waals surface area contributed by atoms with Gasteiger partial charge in [0.2, 0.25) is 0 Å². The normalized spacial score (nSPS) is 13.5. The van der Waals surface area contributed by atoms with E-state index in [0.29, 0.717) is 15.8 Å². The molecule has 0 spiro atoms. The summed E-state index contributed by atoms with van der Waals surface area (Å²) in [4.78, 5) is 0.168. The average Bonchev–Trinajstić information content (AvgIpc) is 2.73. The molecule has 0 radical (unpaired) electrons. The summed E-state index contributed by atoms with van der Waals surface area (Å²) in [5.74, 6) is 0.348. The monoisotopic (exact) mass is 330 g/mol. The highest BCUT2D eigenvalue weighted by Crippen LogP contribution is 2.30. The summed E-state index contributed by atoms with van der Waals surface area (Å²) in [6.45, 7) is 0. The van der Waals surface area contributed by atoms with Gasteiger partial charge in [-0.05, 0) is 39.7 Å². The number of hydrogen-bond donors (Lipinski definition) is 1. The summed E-state index contributed by atoms with van der Waals surface area (Å²) in [5, 5.41) is 10.1. The number of furan rings is 1. The van der Waals surface area contributed by atoms with Gasteiger partial charge in [-0.25, -0.2) is 8.42 Å². The van der Waals surface area contributed by atoms with Crippen LogP contribution >= 0.6 is 15.9 Å². The van der Waals surface area contributed by atoms with Crippen molar-refractivity contribution in [2.45, 2.75) is 11.0 Å². The van der Waals surface area contributed by atoms with Crippen LogP contribution in [0.1, 0.15) is 17.4 Å². The van der Waals surface area contributed by atoms with Gasteiger partial charge in [-0.2, -0.15) is 0 Å². The van der Waals surface area contributed by atoms with Gasteiger partial charge in [0.1, 0.15) is 6.10 Å². The van der Waals surface area contributed by atoms with E-state index in [1.807, 2.05) is 0 Å². The van der Waals surface area contributed by atoms with Crippen molar-refractivity contribution < 1.29 is 17.9 Å². The molecule has 1 unspecified atom stereocenters. The Morgan fingerprint density at radius 1 is 1.33 bits per heavy atom. The molecular weight excluding hydrogens is 320 g/mol. The number of aliphatic hydroxyl groups is 1. The number of rotatable bonds is 3. The molecule has 6 heteroatoms. The lowest BCUT2D eigenvalue weighted by molar-refractivity contribution is 0.188. The lowest BCUT2D eigenvalue weighted by Gasteiger charge is -2.10. The third-order valence-corrected chi connectivity index (χ3v) is 4.26. The molecule has 0 aliphatic heterocycles. The fourth-order valence-electron chi connectivity index (χ4n) is 1.57. The van der Waals surface area contributed by atoms with Crippen molar-refractivity contribution >= 4 is 25.8 Å². The minimum Gasteiger partial charge on any atom is -0.465 e. The van der Waals surface area contributed by atoms with Gasteiger partial charge >= 0.3 is 0 Å². The predicted molar refractivity (Wildman–Crippen MR) is 70.0 cm³/mol. The highest BCUT2D eigenvalue weighted by Gasteiger charge is 2.18. The van der Waals surface area contributed by atoms with E-state index in [1.54, 1.807) is 18.2 Å². The molecule has 18 heavy (non-hydrogen) atoms. The SMILES string of the molecule is CS(=O)(=O)c1cccc(C(O)c2occc2Br)c1. The van der Waals surface area contributed by atoms with Crippen LogP contribution in [0.3, 0.4) is 0 Å². The Hall–Kier alpha value is -1.11. The van der Waals surface area contributed by atoms with Crippen molar-refractivity contribution in [3.63, 3.8) is 0 Å². The molecule has 1 heterocycles. The first-order valence-electron chi connectivity index (χ1n) is 5.10. The molecule has 1 aromatic heterocycles. The van der Waals surface area contributed by atoms with E-state index in [9.17, 15) is 13.5 Å². The minimum absolute atomic E-state index is 0.168. The van der Waals surface area contributed by atoms with E-state index in [2.05, 4.69) is 15.9 Å². The summed E-state index contributed by atoms with van der Waals surface area (Å²) in [7, 11) is -3.29. The second-order valence-corrected chi connectivity index (χ2v) is 6.75. The van der Waals surface area contributed by atoms with E-state index in [1.165, 1.54) is 18.4 Å². The lowest BCUT2D eigenvalue weighted by Crippen LogP contribution is -2.02. The molecule has 0 fully saturated rings. The third kappa shape index (κ3) is 2.66. The van der Waals surface area contributed by atoms with Crippen molar-refractivity contribution in [2.24, 2.45) is 0 Å². The maximum absolute atomic E-state index is 11.4. The number of aliphatic hydroxyl groups excluding tert-OH is 1. The van der Waals surface area contributed by atoms with Crippen molar-refractivity contribution in [3.05, 3.63) is 52.4 Å². The molecule has 2 aromatic rings. The quantitative estimate of drug-likeness (QED) is 0.938. The van der Waals surface area contributed by atoms with Gasteiger partial charge in [-0.15, -0.1) is 0 Å². The Morgan fingerprint density at radius 2 is 2.06 bits per heavy atom. The zero-order chi connectivity index (χ0) is 13.3. The van der Waals surface area contributed by atoms with E-state index in [0.717, 1.165) is 6.26 Å². The van der Waals surface area contributed by atoms with Crippen LogP contribution in [-0.2, 0) is 9.84 Å². The largest absolute Gasteiger partial charge is 0.465 e. The maximum atomic E-state index is 11.4. The highest BCUT2D eigenvalue weighted by atomic mass is 79.9. The lowest BCUT2D eigenvalue weighted by atomic mass is 10.1. The number of halogens is 1. The molecular formula is C12H11BrO4S. The third-order valence-electron chi connectivity index (χ3n) is 2.50. The first-order chi connectivity index (χ1) is 8.39. The zero-order valence-electron chi connectivity index (χ0n) is 9.50. The smallest absolute Gasteiger partial charge is 0.175 e. The minimum atomic E-state index is -3.29. The Bertz CT molecular complexity index is 660. The molecule has 1 atom stereocenters. The molecule has 0 bridgehead atoms. The molecule has 2 rings (SSSR count). The predicted octanol–water partition coefficient (Wildman–Crippen LogP) is 2.53. The Labute approximate surface area is 113 Å². The highest BCUT2D eigenvalue weighted by molar-refractivity contribution is 9.10. The summed E-state index contributed by atoms with van der Waals surface area (Å²) in [6, 6.07) is 7.83. The molecule has 1 N–H and O–H groups in total. The van der Waals surface area contributed by atoms with Crippen LogP contribution in [0.2, 0.25) is 0 Å². The zero-order valence-corrected chi connectivity index (χ0v) is 11.9. The topological polar surface area (TPSA) is 67.5 Å². The molecule has 0 saturated carbocycles. The van der Waals surface area contributed by atoms with Crippen LogP contribution in [0.5, 0.6) is 0 Å². The average molecular weight is 331 g/mol. The first kappa shape index (κ1) is 13.3. The second kappa shape index (κ2) is 4.87. The van der Waals surface area contributed by atoms with Crippen LogP contribution in [0.4, 0.5) is 0 Å². The van der Waals surface area contributed by atoms with Gasteiger partial charge in [-0.1, -0.05) is 12.1 Å². The fourth-order valence-corrected chi connectivity index (χ4v) is 2.66. The van der Waals surface area contributed by atoms with Crippen molar-refractivity contribution in [1.82, 2.24) is 0 Å². The molecule has 1 aromatic carbocycles. The number of hydrogen-bond acceptors (Lipinski definition) is 4. The Balaban J connectivity index is 2.44. The van der Waals surface area contributed by atoms with Crippen LogP contribution in [0.25, 0.3) is 0 Å². The summed E-state index contributed by atoms with van der Waals surface area (Å²) >= 11 is 3.25. The van der Waals surface area contributed by atoms with Gasteiger partial charge in [-0.3, -0.25) is 0 Å². The van der Waals surface area contributed by atoms with Crippen LogP contribution in [-0.4, -0.2) is 19.8 Å². The molecule has 96 valence electrons. The van der Waals surface area contributed by atoms with E-state index in [4.69, 9.17) is 4.42 Å². The van der Waals surface area contributed by atoms with Gasteiger partial charge in [0.05, 0.1) is 15.6 Å².